The van der Waals surface area contributed by atoms with Crippen LogP contribution >= 0.6 is 24.0 Å². The Bertz CT molecular complexity index is 807. The summed E-state index contributed by atoms with van der Waals surface area (Å²) < 4.78 is 0.378. The number of hydrogen-bond acceptors (Lipinski definition) is 5. The SMILES string of the molecule is O=C(CN1C(=O)C(=Cc2ccccc2)SC1=S)Nc1cccnc1. The van der Waals surface area contributed by atoms with Gasteiger partial charge in [-0.25, -0.2) is 0 Å². The van der Waals surface area contributed by atoms with Crippen LogP contribution in [-0.2, 0) is 9.59 Å². The Labute approximate surface area is 148 Å². The number of anilines is 1. The van der Waals surface area contributed by atoms with Gasteiger partial charge in [-0.1, -0.05) is 54.3 Å². The fourth-order valence-corrected chi connectivity index (χ4v) is 3.37. The van der Waals surface area contributed by atoms with Gasteiger partial charge in [0, 0.05) is 6.20 Å². The first-order valence-electron chi connectivity index (χ1n) is 7.14. The molecule has 7 heteroatoms. The molecule has 1 aromatic heterocycles. The third-order valence-electron chi connectivity index (χ3n) is 3.22. The molecule has 3 rings (SSSR count). The van der Waals surface area contributed by atoms with Gasteiger partial charge in [0.05, 0.1) is 16.8 Å². The molecule has 0 aliphatic carbocycles. The van der Waals surface area contributed by atoms with E-state index in [2.05, 4.69) is 10.3 Å². The van der Waals surface area contributed by atoms with Gasteiger partial charge in [-0.05, 0) is 23.8 Å². The van der Waals surface area contributed by atoms with Crippen LogP contribution in [0.15, 0.2) is 59.8 Å². The number of carbonyl (C=O) groups excluding carboxylic acids is 2. The summed E-state index contributed by atoms with van der Waals surface area (Å²) in [7, 11) is 0. The van der Waals surface area contributed by atoms with Crippen LogP contribution in [0.5, 0.6) is 0 Å². The maximum atomic E-state index is 12.5. The minimum atomic E-state index is -0.319. The van der Waals surface area contributed by atoms with E-state index < -0.39 is 0 Å². The van der Waals surface area contributed by atoms with Crippen LogP contribution in [0.3, 0.4) is 0 Å². The monoisotopic (exact) mass is 355 g/mol. The highest BCUT2D eigenvalue weighted by Gasteiger charge is 2.33. The van der Waals surface area contributed by atoms with E-state index in [0.29, 0.717) is 14.9 Å². The summed E-state index contributed by atoms with van der Waals surface area (Å²) in [5, 5.41) is 2.69. The van der Waals surface area contributed by atoms with Crippen LogP contribution in [0, 0.1) is 0 Å². The number of pyridine rings is 1. The number of carbonyl (C=O) groups is 2. The number of aromatic nitrogens is 1. The van der Waals surface area contributed by atoms with Gasteiger partial charge in [0.15, 0.2) is 0 Å². The normalized spacial score (nSPS) is 15.8. The zero-order valence-corrected chi connectivity index (χ0v) is 14.1. The molecular weight excluding hydrogens is 342 g/mol. The Morgan fingerprint density at radius 1 is 1.25 bits per heavy atom. The number of hydrogen-bond donors (Lipinski definition) is 1. The number of amides is 2. The Morgan fingerprint density at radius 3 is 2.75 bits per heavy atom. The molecule has 0 saturated carbocycles. The number of benzene rings is 1. The molecule has 2 heterocycles. The van der Waals surface area contributed by atoms with Crippen molar-refractivity contribution in [1.82, 2.24) is 9.88 Å². The topological polar surface area (TPSA) is 62.3 Å². The molecule has 0 unspecified atom stereocenters. The van der Waals surface area contributed by atoms with Crippen molar-refractivity contribution in [3.05, 3.63) is 65.3 Å². The molecule has 1 saturated heterocycles. The van der Waals surface area contributed by atoms with Gasteiger partial charge in [0.2, 0.25) is 5.91 Å². The van der Waals surface area contributed by atoms with E-state index in [0.717, 1.165) is 5.56 Å². The molecule has 1 aromatic carbocycles. The van der Waals surface area contributed by atoms with Crippen LogP contribution in [0.1, 0.15) is 5.56 Å². The van der Waals surface area contributed by atoms with E-state index in [4.69, 9.17) is 12.2 Å². The van der Waals surface area contributed by atoms with E-state index in [1.807, 2.05) is 30.3 Å². The van der Waals surface area contributed by atoms with Crippen molar-refractivity contribution in [1.29, 1.82) is 0 Å². The second-order valence-electron chi connectivity index (χ2n) is 4.97. The fourth-order valence-electron chi connectivity index (χ4n) is 2.12. The second kappa shape index (κ2) is 7.37. The van der Waals surface area contributed by atoms with Crippen LogP contribution < -0.4 is 5.32 Å². The van der Waals surface area contributed by atoms with Gasteiger partial charge < -0.3 is 5.32 Å². The van der Waals surface area contributed by atoms with E-state index in [1.165, 1.54) is 22.9 Å². The molecule has 0 atom stereocenters. The average Bonchev–Trinajstić information content (AvgIpc) is 2.84. The molecule has 24 heavy (non-hydrogen) atoms. The van der Waals surface area contributed by atoms with Crippen LogP contribution in [0.2, 0.25) is 0 Å². The fraction of sp³-hybridized carbons (Fsp3) is 0.0588. The molecule has 1 aliphatic heterocycles. The maximum absolute atomic E-state index is 12.5. The van der Waals surface area contributed by atoms with Crippen molar-refractivity contribution in [2.24, 2.45) is 0 Å². The summed E-state index contributed by atoms with van der Waals surface area (Å²) in [6.45, 7) is -0.119. The first kappa shape index (κ1) is 16.4. The standard InChI is InChI=1S/C17H13N3O2S2/c21-15(19-13-7-4-8-18-10-13)11-20-16(22)14(24-17(20)23)9-12-5-2-1-3-6-12/h1-10H,11H2,(H,19,21). The molecule has 2 aromatic rings. The van der Waals surface area contributed by atoms with Gasteiger partial charge in [-0.15, -0.1) is 0 Å². The number of thiocarbonyl (C=S) groups is 1. The predicted octanol–water partition coefficient (Wildman–Crippen LogP) is 2.92. The summed E-state index contributed by atoms with van der Waals surface area (Å²) >= 11 is 6.43. The van der Waals surface area contributed by atoms with E-state index in [1.54, 1.807) is 24.4 Å². The Morgan fingerprint density at radius 2 is 2.04 bits per heavy atom. The molecule has 1 aliphatic rings. The van der Waals surface area contributed by atoms with Gasteiger partial charge in [0.25, 0.3) is 5.91 Å². The molecule has 120 valence electrons. The van der Waals surface area contributed by atoms with Crippen molar-refractivity contribution in [2.75, 3.05) is 11.9 Å². The quantitative estimate of drug-likeness (QED) is 0.675. The first-order valence-corrected chi connectivity index (χ1v) is 8.36. The summed E-state index contributed by atoms with van der Waals surface area (Å²) in [5.74, 6) is -0.574. The predicted molar refractivity (Wildman–Crippen MR) is 99.2 cm³/mol. The number of thioether (sulfide) groups is 1. The van der Waals surface area contributed by atoms with E-state index in [9.17, 15) is 9.59 Å². The van der Waals surface area contributed by atoms with Crippen molar-refractivity contribution in [3.63, 3.8) is 0 Å². The summed E-state index contributed by atoms with van der Waals surface area (Å²) in [4.78, 5) is 30.3. The van der Waals surface area contributed by atoms with E-state index >= 15 is 0 Å². The zero-order chi connectivity index (χ0) is 16.9. The molecular formula is C17H13N3O2S2. The minimum Gasteiger partial charge on any atom is -0.323 e. The van der Waals surface area contributed by atoms with Gasteiger partial charge in [-0.3, -0.25) is 19.5 Å². The van der Waals surface area contributed by atoms with Gasteiger partial charge >= 0.3 is 0 Å². The molecule has 5 nitrogen and oxygen atoms in total. The molecule has 2 amide bonds. The van der Waals surface area contributed by atoms with Gasteiger partial charge in [0.1, 0.15) is 10.9 Å². The number of nitrogens with one attached hydrogen (secondary N) is 1. The third kappa shape index (κ3) is 3.87. The number of nitrogens with zero attached hydrogens (tertiary/aromatic N) is 2. The van der Waals surface area contributed by atoms with Crippen LogP contribution in [-0.4, -0.2) is 32.6 Å². The van der Waals surface area contributed by atoms with Crippen molar-refractivity contribution in [2.45, 2.75) is 0 Å². The smallest absolute Gasteiger partial charge is 0.266 e. The lowest BCUT2D eigenvalue weighted by molar-refractivity contribution is -0.126. The molecule has 0 bridgehead atoms. The lowest BCUT2D eigenvalue weighted by atomic mass is 10.2. The van der Waals surface area contributed by atoms with Crippen LogP contribution in [0.4, 0.5) is 5.69 Å². The van der Waals surface area contributed by atoms with Gasteiger partial charge in [-0.2, -0.15) is 0 Å². The first-order chi connectivity index (χ1) is 11.6. The minimum absolute atomic E-state index is 0.119. The Kier molecular flexibility index (Phi) is 5.02. The molecule has 0 spiro atoms. The van der Waals surface area contributed by atoms with Crippen LogP contribution in [0.25, 0.3) is 6.08 Å². The molecule has 1 N–H and O–H groups in total. The second-order valence-corrected chi connectivity index (χ2v) is 6.64. The van der Waals surface area contributed by atoms with Crippen molar-refractivity contribution in [3.8, 4) is 0 Å². The van der Waals surface area contributed by atoms with Crippen molar-refractivity contribution >= 4 is 51.9 Å². The largest absolute Gasteiger partial charge is 0.323 e. The lowest BCUT2D eigenvalue weighted by Crippen LogP contribution is -2.36. The summed E-state index contributed by atoms with van der Waals surface area (Å²) in [5.41, 5.74) is 1.49. The Hall–Kier alpha value is -2.51. The Balaban J connectivity index is 1.68. The highest BCUT2D eigenvalue weighted by molar-refractivity contribution is 8.26. The summed E-state index contributed by atoms with van der Waals surface area (Å²) in [6, 6.07) is 13.0. The summed E-state index contributed by atoms with van der Waals surface area (Å²) in [6.07, 6.45) is 4.93. The zero-order valence-electron chi connectivity index (χ0n) is 12.5. The lowest BCUT2D eigenvalue weighted by Gasteiger charge is -2.14. The number of rotatable bonds is 4. The van der Waals surface area contributed by atoms with E-state index in [-0.39, 0.29) is 18.4 Å². The highest BCUT2D eigenvalue weighted by Crippen LogP contribution is 2.32. The maximum Gasteiger partial charge on any atom is 0.266 e. The molecule has 0 radical (unpaired) electrons. The highest BCUT2D eigenvalue weighted by atomic mass is 32.2. The molecule has 1 fully saturated rings. The third-order valence-corrected chi connectivity index (χ3v) is 4.60. The average molecular weight is 355 g/mol. The van der Waals surface area contributed by atoms with Crippen molar-refractivity contribution < 1.29 is 9.59 Å².